The molecule has 5 heteroatoms. The molecule has 0 radical (unpaired) electrons. The molecule has 2 aromatic carbocycles. The van der Waals surface area contributed by atoms with Crippen molar-refractivity contribution in [3.05, 3.63) is 64.7 Å². The van der Waals surface area contributed by atoms with E-state index in [1.54, 1.807) is 7.11 Å². The second kappa shape index (κ2) is 8.68. The summed E-state index contributed by atoms with van der Waals surface area (Å²) in [5.41, 5.74) is 2.30. The fourth-order valence-corrected chi connectivity index (χ4v) is 3.83. The third-order valence-corrected chi connectivity index (χ3v) is 5.13. The Labute approximate surface area is 154 Å². The van der Waals surface area contributed by atoms with Gasteiger partial charge in [0.25, 0.3) is 0 Å². The average molecular weight is 361 g/mol. The zero-order chi connectivity index (χ0) is 17.6. The topological polar surface area (TPSA) is 53.5 Å². The summed E-state index contributed by atoms with van der Waals surface area (Å²) in [5, 5.41) is 17.4. The van der Waals surface area contributed by atoms with Crippen molar-refractivity contribution in [1.29, 1.82) is 0 Å². The first-order chi connectivity index (χ1) is 12.2. The summed E-state index contributed by atoms with van der Waals surface area (Å²) >= 11 is 6.14. The van der Waals surface area contributed by atoms with E-state index in [1.165, 1.54) is 5.56 Å². The molecule has 0 amide bonds. The van der Waals surface area contributed by atoms with Crippen LogP contribution in [-0.4, -0.2) is 31.4 Å². The molecular weight excluding hydrogens is 336 g/mol. The molecule has 0 saturated carbocycles. The van der Waals surface area contributed by atoms with Crippen LogP contribution < -0.4 is 15.4 Å². The summed E-state index contributed by atoms with van der Waals surface area (Å²) < 4.78 is 5.45. The van der Waals surface area contributed by atoms with Crippen molar-refractivity contribution in [3.63, 3.8) is 0 Å². The number of hydrogen-bond donors (Lipinski definition) is 3. The molecule has 1 aliphatic heterocycles. The first kappa shape index (κ1) is 18.2. The van der Waals surface area contributed by atoms with Crippen LogP contribution >= 0.6 is 11.6 Å². The first-order valence-corrected chi connectivity index (χ1v) is 9.05. The van der Waals surface area contributed by atoms with E-state index in [9.17, 15) is 5.11 Å². The highest BCUT2D eigenvalue weighted by Crippen LogP contribution is 2.31. The molecule has 0 aliphatic carbocycles. The van der Waals surface area contributed by atoms with Gasteiger partial charge >= 0.3 is 0 Å². The maximum Gasteiger partial charge on any atom is 0.123 e. The molecule has 1 fully saturated rings. The van der Waals surface area contributed by atoms with Gasteiger partial charge in [0.1, 0.15) is 5.75 Å². The van der Waals surface area contributed by atoms with Gasteiger partial charge in [-0.1, -0.05) is 41.9 Å². The highest BCUT2D eigenvalue weighted by molar-refractivity contribution is 6.30. The molecular formula is C20H25ClN2O2. The third kappa shape index (κ3) is 4.33. The quantitative estimate of drug-likeness (QED) is 0.710. The number of nitrogens with one attached hydrogen (secondary N) is 2. The van der Waals surface area contributed by atoms with Crippen LogP contribution in [0.2, 0.25) is 5.02 Å². The van der Waals surface area contributed by atoms with Crippen LogP contribution in [0.25, 0.3) is 0 Å². The van der Waals surface area contributed by atoms with Gasteiger partial charge in [0.2, 0.25) is 0 Å². The Morgan fingerprint density at radius 3 is 2.76 bits per heavy atom. The van der Waals surface area contributed by atoms with Gasteiger partial charge in [0.05, 0.1) is 7.11 Å². The van der Waals surface area contributed by atoms with Crippen LogP contribution in [0.15, 0.2) is 48.5 Å². The van der Waals surface area contributed by atoms with Crippen LogP contribution in [0.4, 0.5) is 0 Å². The van der Waals surface area contributed by atoms with Crippen LogP contribution in [-0.2, 0) is 6.54 Å². The molecule has 25 heavy (non-hydrogen) atoms. The molecule has 3 unspecified atom stereocenters. The van der Waals surface area contributed by atoms with Crippen molar-refractivity contribution >= 4 is 11.6 Å². The Balaban J connectivity index is 1.77. The Bertz CT molecular complexity index is 681. The van der Waals surface area contributed by atoms with E-state index >= 15 is 0 Å². The third-order valence-electron chi connectivity index (χ3n) is 4.90. The maximum atomic E-state index is 9.41. The summed E-state index contributed by atoms with van der Waals surface area (Å²) in [7, 11) is 1.67. The first-order valence-electron chi connectivity index (χ1n) is 8.68. The van der Waals surface area contributed by atoms with Crippen LogP contribution in [0.1, 0.15) is 23.6 Å². The number of benzene rings is 2. The minimum atomic E-state index is 0.201. The lowest BCUT2D eigenvalue weighted by Crippen LogP contribution is -2.38. The Morgan fingerprint density at radius 1 is 1.24 bits per heavy atom. The van der Waals surface area contributed by atoms with E-state index in [0.717, 1.165) is 24.3 Å². The van der Waals surface area contributed by atoms with Crippen LogP contribution in [0.5, 0.6) is 5.75 Å². The normalized spacial score (nSPS) is 22.9. The number of aliphatic hydroxyl groups excluding tert-OH is 1. The minimum Gasteiger partial charge on any atom is -0.496 e. The van der Waals surface area contributed by atoms with Gasteiger partial charge in [-0.05, 0) is 36.1 Å². The second-order valence-corrected chi connectivity index (χ2v) is 6.87. The SMILES string of the molecule is COc1ccc(Cl)cc1CNC1C(CCO)CNC1c1ccccc1. The van der Waals surface area contributed by atoms with Crippen molar-refractivity contribution in [2.75, 3.05) is 20.3 Å². The number of ether oxygens (including phenoxy) is 1. The van der Waals surface area contributed by atoms with Crippen molar-refractivity contribution in [2.45, 2.75) is 25.0 Å². The molecule has 1 saturated heterocycles. The van der Waals surface area contributed by atoms with Gasteiger partial charge in [0.15, 0.2) is 0 Å². The van der Waals surface area contributed by atoms with Crippen molar-refractivity contribution in [3.8, 4) is 5.75 Å². The monoisotopic (exact) mass is 360 g/mol. The standard InChI is InChI=1S/C20H25ClN2O2/c1-25-18-8-7-17(21)11-16(18)13-23-20-15(9-10-24)12-22-19(20)14-5-3-2-4-6-14/h2-8,11,15,19-20,22-24H,9-10,12-13H2,1H3. The van der Waals surface area contributed by atoms with E-state index in [-0.39, 0.29) is 18.7 Å². The molecule has 4 nitrogen and oxygen atoms in total. The van der Waals surface area contributed by atoms with Gasteiger partial charge in [-0.3, -0.25) is 0 Å². The van der Waals surface area contributed by atoms with E-state index in [4.69, 9.17) is 16.3 Å². The van der Waals surface area contributed by atoms with Gasteiger partial charge in [-0.2, -0.15) is 0 Å². The summed E-state index contributed by atoms with van der Waals surface area (Å²) in [6.45, 7) is 1.76. The highest BCUT2D eigenvalue weighted by atomic mass is 35.5. The maximum absolute atomic E-state index is 9.41. The molecule has 134 valence electrons. The molecule has 1 heterocycles. The lowest BCUT2D eigenvalue weighted by atomic mass is 9.91. The van der Waals surface area contributed by atoms with Gasteiger partial charge in [0, 0.05) is 42.4 Å². The molecule has 0 spiro atoms. The predicted molar refractivity (Wildman–Crippen MR) is 101 cm³/mol. The zero-order valence-electron chi connectivity index (χ0n) is 14.4. The van der Waals surface area contributed by atoms with Crippen molar-refractivity contribution < 1.29 is 9.84 Å². The predicted octanol–water partition coefficient (Wildman–Crippen LogP) is 3.15. The molecule has 2 aromatic rings. The largest absolute Gasteiger partial charge is 0.496 e. The lowest BCUT2D eigenvalue weighted by molar-refractivity contribution is 0.243. The van der Waals surface area contributed by atoms with Gasteiger partial charge < -0.3 is 20.5 Å². The number of methoxy groups -OCH3 is 1. The van der Waals surface area contributed by atoms with Crippen LogP contribution in [0, 0.1) is 5.92 Å². The smallest absolute Gasteiger partial charge is 0.123 e. The number of hydrogen-bond acceptors (Lipinski definition) is 4. The Hall–Kier alpha value is -1.59. The number of halogens is 1. The highest BCUT2D eigenvalue weighted by Gasteiger charge is 2.35. The zero-order valence-corrected chi connectivity index (χ0v) is 15.2. The van der Waals surface area contributed by atoms with E-state index < -0.39 is 0 Å². The summed E-state index contributed by atoms with van der Waals surface area (Å²) in [5.74, 6) is 1.21. The van der Waals surface area contributed by atoms with Gasteiger partial charge in [-0.15, -0.1) is 0 Å². The number of rotatable bonds is 7. The van der Waals surface area contributed by atoms with Gasteiger partial charge in [-0.25, -0.2) is 0 Å². The average Bonchev–Trinajstić information content (AvgIpc) is 3.04. The summed E-state index contributed by atoms with van der Waals surface area (Å²) in [6.07, 6.45) is 0.778. The van der Waals surface area contributed by atoms with E-state index in [0.29, 0.717) is 17.5 Å². The number of aliphatic hydroxyl groups is 1. The van der Waals surface area contributed by atoms with Crippen molar-refractivity contribution in [2.24, 2.45) is 5.92 Å². The molecule has 3 atom stereocenters. The Morgan fingerprint density at radius 2 is 2.04 bits per heavy atom. The summed E-state index contributed by atoms with van der Waals surface area (Å²) in [4.78, 5) is 0. The fourth-order valence-electron chi connectivity index (χ4n) is 3.64. The molecule has 3 rings (SSSR count). The minimum absolute atomic E-state index is 0.201. The molecule has 1 aliphatic rings. The lowest BCUT2D eigenvalue weighted by Gasteiger charge is -2.26. The molecule has 3 N–H and O–H groups in total. The second-order valence-electron chi connectivity index (χ2n) is 6.43. The van der Waals surface area contributed by atoms with Crippen molar-refractivity contribution in [1.82, 2.24) is 10.6 Å². The fraction of sp³-hybridized carbons (Fsp3) is 0.400. The van der Waals surface area contributed by atoms with E-state index in [2.05, 4.69) is 34.9 Å². The molecule has 0 aromatic heterocycles. The molecule has 0 bridgehead atoms. The summed E-state index contributed by atoms with van der Waals surface area (Å²) in [6, 6.07) is 16.6. The van der Waals surface area contributed by atoms with E-state index in [1.807, 2.05) is 24.3 Å². The van der Waals surface area contributed by atoms with Crippen LogP contribution in [0.3, 0.4) is 0 Å². The Kier molecular flexibility index (Phi) is 6.32.